The first-order valence-corrected chi connectivity index (χ1v) is 6.55. The summed E-state index contributed by atoms with van der Waals surface area (Å²) in [6, 6.07) is 12.9. The first-order chi connectivity index (χ1) is 9.63. The van der Waals surface area contributed by atoms with E-state index in [1.807, 2.05) is 23.7 Å². The highest BCUT2D eigenvalue weighted by Gasteiger charge is 2.08. The van der Waals surface area contributed by atoms with E-state index in [0.717, 1.165) is 22.5 Å². The summed E-state index contributed by atoms with van der Waals surface area (Å²) in [5, 5.41) is 3.33. The molecule has 3 aromatic rings. The van der Waals surface area contributed by atoms with Crippen molar-refractivity contribution in [2.24, 2.45) is 7.05 Å². The zero-order valence-electron chi connectivity index (χ0n) is 11.5. The van der Waals surface area contributed by atoms with Crippen LogP contribution in [0, 0.1) is 12.7 Å². The van der Waals surface area contributed by atoms with Crippen LogP contribution < -0.4 is 5.32 Å². The lowest BCUT2D eigenvalue weighted by Gasteiger charge is -2.07. The molecular weight excluding hydrogens is 253 g/mol. The Morgan fingerprint density at radius 3 is 2.65 bits per heavy atom. The smallest absolute Gasteiger partial charge is 0.128 e. The van der Waals surface area contributed by atoms with Gasteiger partial charge in [0, 0.05) is 12.7 Å². The number of nitrogens with one attached hydrogen (secondary N) is 1. The minimum Gasteiger partial charge on any atom is -0.378 e. The number of aromatic nitrogens is 2. The van der Waals surface area contributed by atoms with Gasteiger partial charge >= 0.3 is 0 Å². The third-order valence-corrected chi connectivity index (χ3v) is 3.44. The van der Waals surface area contributed by atoms with Crippen molar-refractivity contribution in [3.63, 3.8) is 0 Å². The number of fused-ring (bicyclic) bond motifs is 1. The summed E-state index contributed by atoms with van der Waals surface area (Å²) in [6.45, 7) is 2.67. The number of benzene rings is 2. The molecule has 0 saturated carbocycles. The third-order valence-electron chi connectivity index (χ3n) is 3.44. The molecule has 3 nitrogen and oxygen atoms in total. The molecule has 0 aliphatic carbocycles. The molecule has 0 spiro atoms. The Balaban J connectivity index is 1.84. The number of imidazole rings is 1. The summed E-state index contributed by atoms with van der Waals surface area (Å²) >= 11 is 0. The van der Waals surface area contributed by atoms with Crippen molar-refractivity contribution in [1.29, 1.82) is 0 Å². The first kappa shape index (κ1) is 12.7. The minimum absolute atomic E-state index is 0.237. The Morgan fingerprint density at radius 1 is 1.15 bits per heavy atom. The highest BCUT2D eigenvalue weighted by molar-refractivity contribution is 5.76. The summed E-state index contributed by atoms with van der Waals surface area (Å²) < 4.78 is 15.2. The van der Waals surface area contributed by atoms with E-state index >= 15 is 0 Å². The number of rotatable bonds is 3. The minimum atomic E-state index is -0.237. The molecule has 1 heterocycles. The molecule has 1 N–H and O–H groups in total. The van der Waals surface area contributed by atoms with E-state index in [0.29, 0.717) is 6.54 Å². The quantitative estimate of drug-likeness (QED) is 0.786. The van der Waals surface area contributed by atoms with Crippen LogP contribution in [0.4, 0.5) is 10.1 Å². The Labute approximate surface area is 117 Å². The molecule has 0 radical (unpaired) electrons. The second kappa shape index (κ2) is 4.96. The van der Waals surface area contributed by atoms with Gasteiger partial charge in [-0.1, -0.05) is 17.7 Å². The molecule has 0 bridgehead atoms. The van der Waals surface area contributed by atoms with E-state index in [1.54, 1.807) is 6.07 Å². The van der Waals surface area contributed by atoms with Gasteiger partial charge < -0.3 is 9.88 Å². The summed E-state index contributed by atoms with van der Waals surface area (Å²) in [6.07, 6.45) is 0. The van der Waals surface area contributed by atoms with Crippen molar-refractivity contribution in [2.75, 3.05) is 5.32 Å². The van der Waals surface area contributed by atoms with E-state index in [4.69, 9.17) is 0 Å². The van der Waals surface area contributed by atoms with Gasteiger partial charge in [0.15, 0.2) is 0 Å². The maximum atomic E-state index is 13.3. The second-order valence-corrected chi connectivity index (χ2v) is 4.94. The number of aryl methyl sites for hydroxylation is 2. The van der Waals surface area contributed by atoms with Gasteiger partial charge in [0.25, 0.3) is 0 Å². The summed E-state index contributed by atoms with van der Waals surface area (Å²) in [5.74, 6) is 0.643. The van der Waals surface area contributed by atoms with Crippen molar-refractivity contribution in [2.45, 2.75) is 13.5 Å². The highest BCUT2D eigenvalue weighted by Crippen LogP contribution is 2.17. The number of halogens is 1. The van der Waals surface area contributed by atoms with Gasteiger partial charge in [0.2, 0.25) is 0 Å². The van der Waals surface area contributed by atoms with Gasteiger partial charge in [-0.3, -0.25) is 0 Å². The van der Waals surface area contributed by atoms with E-state index in [2.05, 4.69) is 29.4 Å². The number of nitrogens with zero attached hydrogens (tertiary/aromatic N) is 2. The Hall–Kier alpha value is -2.36. The van der Waals surface area contributed by atoms with Crippen molar-refractivity contribution >= 4 is 16.7 Å². The summed E-state index contributed by atoms with van der Waals surface area (Å²) in [7, 11) is 1.90. The fraction of sp³-hybridized carbons (Fsp3) is 0.188. The number of hydrogen-bond donors (Lipinski definition) is 1. The molecular formula is C16H16FN3. The van der Waals surface area contributed by atoms with Gasteiger partial charge in [-0.2, -0.15) is 0 Å². The zero-order valence-corrected chi connectivity index (χ0v) is 11.5. The van der Waals surface area contributed by atoms with E-state index in [9.17, 15) is 4.39 Å². The van der Waals surface area contributed by atoms with Gasteiger partial charge in [-0.05, 0) is 37.3 Å². The van der Waals surface area contributed by atoms with Crippen LogP contribution in [0.1, 0.15) is 11.4 Å². The first-order valence-electron chi connectivity index (χ1n) is 6.55. The fourth-order valence-corrected chi connectivity index (χ4v) is 2.22. The van der Waals surface area contributed by atoms with Crippen LogP contribution in [-0.2, 0) is 13.6 Å². The second-order valence-electron chi connectivity index (χ2n) is 4.94. The normalized spacial score (nSPS) is 10.9. The molecule has 4 heteroatoms. The number of anilines is 1. The average Bonchev–Trinajstić information content (AvgIpc) is 2.75. The third kappa shape index (κ3) is 2.37. The largest absolute Gasteiger partial charge is 0.378 e. The summed E-state index contributed by atoms with van der Waals surface area (Å²) in [4.78, 5) is 4.52. The lowest BCUT2D eigenvalue weighted by Crippen LogP contribution is -2.05. The Kier molecular flexibility index (Phi) is 3.14. The predicted octanol–water partition coefficient (Wildman–Crippen LogP) is 3.63. The average molecular weight is 269 g/mol. The molecule has 0 saturated heterocycles. The highest BCUT2D eigenvalue weighted by atomic mass is 19.1. The van der Waals surface area contributed by atoms with E-state index < -0.39 is 0 Å². The van der Waals surface area contributed by atoms with Crippen LogP contribution >= 0.6 is 0 Å². The molecule has 0 fully saturated rings. The van der Waals surface area contributed by atoms with Crippen LogP contribution in [0.3, 0.4) is 0 Å². The molecule has 0 aliphatic rings. The monoisotopic (exact) mass is 269 g/mol. The molecule has 102 valence electrons. The Bertz CT molecular complexity index is 744. The molecule has 0 atom stereocenters. The molecule has 3 rings (SSSR count). The fourth-order valence-electron chi connectivity index (χ4n) is 2.22. The molecule has 0 aliphatic heterocycles. The van der Waals surface area contributed by atoms with E-state index in [1.165, 1.54) is 17.7 Å². The van der Waals surface area contributed by atoms with Crippen LogP contribution in [-0.4, -0.2) is 9.55 Å². The van der Waals surface area contributed by atoms with Crippen LogP contribution in [0.5, 0.6) is 0 Å². The molecule has 20 heavy (non-hydrogen) atoms. The zero-order chi connectivity index (χ0) is 14.1. The van der Waals surface area contributed by atoms with Gasteiger partial charge in [0.1, 0.15) is 11.6 Å². The molecule has 1 aromatic heterocycles. The van der Waals surface area contributed by atoms with Gasteiger partial charge in [-0.25, -0.2) is 9.37 Å². The predicted molar refractivity (Wildman–Crippen MR) is 79.2 cm³/mol. The van der Waals surface area contributed by atoms with E-state index in [-0.39, 0.29) is 5.82 Å². The standard InChI is InChI=1S/C16H16FN3/c1-11-3-6-13(7-4-11)18-10-16-19-14-8-5-12(17)9-15(14)20(16)2/h3-9,18H,10H2,1-2H3. The van der Waals surface area contributed by atoms with Crippen molar-refractivity contribution in [3.05, 3.63) is 59.7 Å². The molecule has 2 aromatic carbocycles. The topological polar surface area (TPSA) is 29.9 Å². The Morgan fingerprint density at radius 2 is 1.90 bits per heavy atom. The maximum Gasteiger partial charge on any atom is 0.128 e. The van der Waals surface area contributed by atoms with Crippen molar-refractivity contribution in [1.82, 2.24) is 9.55 Å². The van der Waals surface area contributed by atoms with Crippen molar-refractivity contribution < 1.29 is 4.39 Å². The van der Waals surface area contributed by atoms with Crippen LogP contribution in [0.2, 0.25) is 0 Å². The molecule has 0 amide bonds. The van der Waals surface area contributed by atoms with Crippen LogP contribution in [0.15, 0.2) is 42.5 Å². The lowest BCUT2D eigenvalue weighted by molar-refractivity contribution is 0.628. The van der Waals surface area contributed by atoms with Crippen LogP contribution in [0.25, 0.3) is 11.0 Å². The summed E-state index contributed by atoms with van der Waals surface area (Å²) in [5.41, 5.74) is 3.91. The van der Waals surface area contributed by atoms with Gasteiger partial charge in [0.05, 0.1) is 17.6 Å². The van der Waals surface area contributed by atoms with Gasteiger partial charge in [-0.15, -0.1) is 0 Å². The van der Waals surface area contributed by atoms with Crippen molar-refractivity contribution in [3.8, 4) is 0 Å². The lowest BCUT2D eigenvalue weighted by atomic mass is 10.2. The molecule has 0 unspecified atom stereocenters. The number of hydrogen-bond acceptors (Lipinski definition) is 2. The maximum absolute atomic E-state index is 13.3. The SMILES string of the molecule is Cc1ccc(NCc2nc3ccc(F)cc3n2C)cc1.